The molecule has 1 N–H and O–H groups in total. The van der Waals surface area contributed by atoms with Crippen molar-refractivity contribution in [1.82, 2.24) is 9.55 Å². The largest absolute Gasteiger partial charge is 0.362 e. The van der Waals surface area contributed by atoms with Crippen LogP contribution >= 0.6 is 0 Å². The normalized spacial score (nSPS) is 12.9. The average molecular weight is 209 g/mol. The summed E-state index contributed by atoms with van der Waals surface area (Å²) in [6, 6.07) is 0.299. The van der Waals surface area contributed by atoms with Gasteiger partial charge in [-0.1, -0.05) is 20.8 Å². The van der Waals surface area contributed by atoms with Crippen LogP contribution in [0.15, 0.2) is 17.2 Å². The highest BCUT2D eigenvalue weighted by atomic mass is 16.1. The summed E-state index contributed by atoms with van der Waals surface area (Å²) < 4.78 is 1.53. The maximum Gasteiger partial charge on any atom is 0.293 e. The van der Waals surface area contributed by atoms with Crippen LogP contribution in [0, 0.1) is 5.92 Å². The van der Waals surface area contributed by atoms with Crippen molar-refractivity contribution in [2.24, 2.45) is 13.0 Å². The van der Waals surface area contributed by atoms with E-state index >= 15 is 0 Å². The second kappa shape index (κ2) is 4.96. The van der Waals surface area contributed by atoms with Crippen molar-refractivity contribution in [2.75, 3.05) is 5.32 Å². The third-order valence-electron chi connectivity index (χ3n) is 2.58. The van der Waals surface area contributed by atoms with E-state index in [-0.39, 0.29) is 5.56 Å². The summed E-state index contributed by atoms with van der Waals surface area (Å²) in [6.45, 7) is 6.37. The van der Waals surface area contributed by atoms with Crippen LogP contribution < -0.4 is 10.9 Å². The molecular formula is C11H19N3O. The fourth-order valence-electron chi connectivity index (χ4n) is 1.51. The standard InChI is InChI=1S/C11H19N3O/c1-5-9(8(2)3)13-10-11(15)14(4)7-6-12-10/h6-9H,5H2,1-4H3,(H,12,13). The molecule has 1 aromatic heterocycles. The third-order valence-corrected chi connectivity index (χ3v) is 2.58. The Kier molecular flexibility index (Phi) is 3.88. The van der Waals surface area contributed by atoms with E-state index in [4.69, 9.17) is 0 Å². The summed E-state index contributed by atoms with van der Waals surface area (Å²) in [5.41, 5.74) is -0.0726. The number of nitrogens with zero attached hydrogens (tertiary/aromatic N) is 2. The maximum atomic E-state index is 11.7. The van der Waals surface area contributed by atoms with Crippen LogP contribution in [-0.4, -0.2) is 15.6 Å². The van der Waals surface area contributed by atoms with Gasteiger partial charge in [0.15, 0.2) is 5.82 Å². The lowest BCUT2D eigenvalue weighted by Crippen LogP contribution is -2.30. The highest BCUT2D eigenvalue weighted by Crippen LogP contribution is 2.09. The Balaban J connectivity index is 2.89. The molecule has 0 radical (unpaired) electrons. The lowest BCUT2D eigenvalue weighted by Gasteiger charge is -2.20. The van der Waals surface area contributed by atoms with Gasteiger partial charge in [0, 0.05) is 25.5 Å². The molecule has 0 amide bonds. The fourth-order valence-corrected chi connectivity index (χ4v) is 1.51. The van der Waals surface area contributed by atoms with Gasteiger partial charge in [0.2, 0.25) is 0 Å². The molecule has 1 atom stereocenters. The first-order valence-corrected chi connectivity index (χ1v) is 5.34. The maximum absolute atomic E-state index is 11.7. The van der Waals surface area contributed by atoms with Gasteiger partial charge in [-0.05, 0) is 12.3 Å². The molecule has 1 rings (SSSR count). The molecule has 4 heteroatoms. The van der Waals surface area contributed by atoms with Crippen molar-refractivity contribution in [3.63, 3.8) is 0 Å². The second-order valence-electron chi connectivity index (χ2n) is 4.10. The van der Waals surface area contributed by atoms with E-state index in [1.165, 1.54) is 4.57 Å². The van der Waals surface area contributed by atoms with Crippen molar-refractivity contribution < 1.29 is 0 Å². The highest BCUT2D eigenvalue weighted by Gasteiger charge is 2.13. The zero-order chi connectivity index (χ0) is 11.4. The van der Waals surface area contributed by atoms with Crippen LogP contribution in [-0.2, 0) is 7.05 Å². The number of nitrogens with one attached hydrogen (secondary N) is 1. The van der Waals surface area contributed by atoms with Crippen LogP contribution in [0.5, 0.6) is 0 Å². The van der Waals surface area contributed by atoms with Crippen LogP contribution in [0.25, 0.3) is 0 Å². The second-order valence-corrected chi connectivity index (χ2v) is 4.10. The van der Waals surface area contributed by atoms with E-state index < -0.39 is 0 Å². The van der Waals surface area contributed by atoms with Crippen molar-refractivity contribution in [1.29, 1.82) is 0 Å². The monoisotopic (exact) mass is 209 g/mol. The summed E-state index contributed by atoms with van der Waals surface area (Å²) in [5.74, 6) is 0.933. The minimum Gasteiger partial charge on any atom is -0.362 e. The molecule has 15 heavy (non-hydrogen) atoms. The van der Waals surface area contributed by atoms with Gasteiger partial charge in [-0.2, -0.15) is 0 Å². The van der Waals surface area contributed by atoms with E-state index in [1.54, 1.807) is 19.4 Å². The fraction of sp³-hybridized carbons (Fsp3) is 0.636. The van der Waals surface area contributed by atoms with E-state index in [0.29, 0.717) is 17.8 Å². The molecule has 0 aliphatic carbocycles. The first-order valence-electron chi connectivity index (χ1n) is 5.34. The Hall–Kier alpha value is -1.32. The molecule has 0 spiro atoms. The molecule has 0 fully saturated rings. The summed E-state index contributed by atoms with van der Waals surface area (Å²) in [7, 11) is 1.73. The molecule has 0 aromatic carbocycles. The zero-order valence-electron chi connectivity index (χ0n) is 9.82. The van der Waals surface area contributed by atoms with Gasteiger partial charge in [-0.15, -0.1) is 0 Å². The smallest absolute Gasteiger partial charge is 0.293 e. The van der Waals surface area contributed by atoms with Gasteiger partial charge in [-0.25, -0.2) is 4.98 Å². The minimum absolute atomic E-state index is 0.0726. The Morgan fingerprint density at radius 2 is 2.20 bits per heavy atom. The molecule has 0 saturated carbocycles. The van der Waals surface area contributed by atoms with Crippen molar-refractivity contribution >= 4 is 5.82 Å². The lowest BCUT2D eigenvalue weighted by molar-refractivity contribution is 0.508. The molecule has 0 aliphatic rings. The van der Waals surface area contributed by atoms with Gasteiger partial charge < -0.3 is 9.88 Å². The molecule has 0 bridgehead atoms. The third kappa shape index (κ3) is 2.81. The van der Waals surface area contributed by atoms with Gasteiger partial charge in [0.25, 0.3) is 5.56 Å². The SMILES string of the molecule is CCC(Nc1nccn(C)c1=O)C(C)C. The van der Waals surface area contributed by atoms with Crippen molar-refractivity contribution in [3.05, 3.63) is 22.7 Å². The predicted molar refractivity (Wildman–Crippen MR) is 62.0 cm³/mol. The first-order chi connectivity index (χ1) is 7.06. The van der Waals surface area contributed by atoms with Crippen LogP contribution in [0.2, 0.25) is 0 Å². The highest BCUT2D eigenvalue weighted by molar-refractivity contribution is 5.32. The number of aryl methyl sites for hydroxylation is 1. The van der Waals surface area contributed by atoms with Gasteiger partial charge in [-0.3, -0.25) is 4.79 Å². The molecule has 0 aliphatic heterocycles. The van der Waals surface area contributed by atoms with Gasteiger partial charge in [0.05, 0.1) is 0 Å². The van der Waals surface area contributed by atoms with E-state index in [2.05, 4.69) is 31.1 Å². The molecule has 1 aromatic rings. The van der Waals surface area contributed by atoms with Crippen molar-refractivity contribution in [2.45, 2.75) is 33.2 Å². The summed E-state index contributed by atoms with van der Waals surface area (Å²) in [5, 5.41) is 3.19. The number of anilines is 1. The molecule has 1 unspecified atom stereocenters. The Bertz CT molecular complexity index is 370. The first kappa shape index (κ1) is 11.8. The summed E-state index contributed by atoms with van der Waals surface area (Å²) in [4.78, 5) is 15.7. The Labute approximate surface area is 90.3 Å². The van der Waals surface area contributed by atoms with Gasteiger partial charge >= 0.3 is 0 Å². The zero-order valence-corrected chi connectivity index (χ0v) is 9.82. The summed E-state index contributed by atoms with van der Waals surface area (Å²) in [6.07, 6.45) is 4.28. The average Bonchev–Trinajstić information content (AvgIpc) is 2.19. The molecular weight excluding hydrogens is 190 g/mol. The quantitative estimate of drug-likeness (QED) is 0.819. The molecule has 4 nitrogen and oxygen atoms in total. The topological polar surface area (TPSA) is 46.9 Å². The minimum atomic E-state index is -0.0726. The van der Waals surface area contributed by atoms with E-state index in [1.807, 2.05) is 0 Å². The predicted octanol–water partition coefficient (Wildman–Crippen LogP) is 1.63. The number of hydrogen-bond acceptors (Lipinski definition) is 3. The van der Waals surface area contributed by atoms with Crippen LogP contribution in [0.4, 0.5) is 5.82 Å². The molecule has 84 valence electrons. The molecule has 1 heterocycles. The van der Waals surface area contributed by atoms with Crippen LogP contribution in [0.1, 0.15) is 27.2 Å². The Morgan fingerprint density at radius 3 is 2.73 bits per heavy atom. The number of hydrogen-bond donors (Lipinski definition) is 1. The van der Waals surface area contributed by atoms with E-state index in [9.17, 15) is 4.79 Å². The number of rotatable bonds is 4. The van der Waals surface area contributed by atoms with E-state index in [0.717, 1.165) is 6.42 Å². The Morgan fingerprint density at radius 1 is 1.53 bits per heavy atom. The van der Waals surface area contributed by atoms with Crippen molar-refractivity contribution in [3.8, 4) is 0 Å². The number of aromatic nitrogens is 2. The molecule has 0 saturated heterocycles. The van der Waals surface area contributed by atoms with Gasteiger partial charge in [0.1, 0.15) is 0 Å². The summed E-state index contributed by atoms with van der Waals surface area (Å²) >= 11 is 0. The van der Waals surface area contributed by atoms with Crippen LogP contribution in [0.3, 0.4) is 0 Å². The lowest BCUT2D eigenvalue weighted by atomic mass is 10.0.